The first-order valence-electron chi connectivity index (χ1n) is 10.8. The minimum Gasteiger partial charge on any atom is -0.480 e. The number of aromatic nitrogens is 3. The molecule has 1 heterocycles. The maximum absolute atomic E-state index is 14.0. The monoisotopic (exact) mass is 486 g/mol. The summed E-state index contributed by atoms with van der Waals surface area (Å²) in [5, 5.41) is 20.4. The zero-order valence-corrected chi connectivity index (χ0v) is 20.2. The second kappa shape index (κ2) is 11.1. The van der Waals surface area contributed by atoms with Gasteiger partial charge in [-0.3, -0.25) is 4.79 Å². The van der Waals surface area contributed by atoms with Gasteiger partial charge in [-0.1, -0.05) is 37.7 Å². The van der Waals surface area contributed by atoms with Crippen molar-refractivity contribution in [3.63, 3.8) is 0 Å². The van der Waals surface area contributed by atoms with Crippen LogP contribution in [0.2, 0.25) is 0 Å². The number of halogens is 1. The van der Waals surface area contributed by atoms with Gasteiger partial charge in [-0.2, -0.15) is 0 Å². The Kier molecular flexibility index (Phi) is 8.27. The second-order valence-corrected chi connectivity index (χ2v) is 9.48. The van der Waals surface area contributed by atoms with Gasteiger partial charge in [0.15, 0.2) is 28.7 Å². The van der Waals surface area contributed by atoms with Crippen molar-refractivity contribution in [1.82, 2.24) is 14.8 Å². The summed E-state index contributed by atoms with van der Waals surface area (Å²) in [6, 6.07) is 12.1. The van der Waals surface area contributed by atoms with Crippen LogP contribution in [0.4, 0.5) is 10.1 Å². The van der Waals surface area contributed by atoms with Crippen LogP contribution in [0, 0.1) is 11.7 Å². The Hall–Kier alpha value is -3.40. The van der Waals surface area contributed by atoms with Gasteiger partial charge in [-0.25, -0.2) is 9.18 Å². The molecule has 2 N–H and O–H groups in total. The third-order valence-corrected chi connectivity index (χ3v) is 5.93. The lowest BCUT2D eigenvalue weighted by Gasteiger charge is -2.19. The Labute approximate surface area is 201 Å². The summed E-state index contributed by atoms with van der Waals surface area (Å²) in [4.78, 5) is 23.7. The molecule has 180 valence electrons. The summed E-state index contributed by atoms with van der Waals surface area (Å²) in [7, 11) is 0. The number of benzene rings is 2. The molecule has 0 aliphatic heterocycles. The highest BCUT2D eigenvalue weighted by Gasteiger charge is 2.24. The van der Waals surface area contributed by atoms with Crippen LogP contribution in [0.5, 0.6) is 5.75 Å². The fourth-order valence-electron chi connectivity index (χ4n) is 3.16. The Morgan fingerprint density at radius 2 is 1.76 bits per heavy atom. The molecular formula is C24H27FN4O4S. The SMILES string of the molecule is CC(C)Cn1c(SC(C)C(=O)Nc2ccc(C(=O)O)cc2)nnc1C(C)Oc1ccccc1F. The van der Waals surface area contributed by atoms with E-state index in [2.05, 4.69) is 29.4 Å². The van der Waals surface area contributed by atoms with Crippen LogP contribution in [0.15, 0.2) is 53.7 Å². The first-order chi connectivity index (χ1) is 16.2. The predicted molar refractivity (Wildman–Crippen MR) is 128 cm³/mol. The van der Waals surface area contributed by atoms with Crippen LogP contribution in [-0.4, -0.2) is 37.0 Å². The second-order valence-electron chi connectivity index (χ2n) is 8.17. The van der Waals surface area contributed by atoms with Crippen LogP contribution in [-0.2, 0) is 11.3 Å². The van der Waals surface area contributed by atoms with Gasteiger partial charge in [0, 0.05) is 12.2 Å². The molecule has 1 aromatic heterocycles. The normalized spacial score (nSPS) is 12.9. The number of hydrogen-bond donors (Lipinski definition) is 2. The van der Waals surface area contributed by atoms with Gasteiger partial charge in [0.05, 0.1) is 10.8 Å². The molecule has 0 bridgehead atoms. The number of para-hydroxylation sites is 1. The van der Waals surface area contributed by atoms with E-state index in [4.69, 9.17) is 9.84 Å². The fraction of sp³-hybridized carbons (Fsp3) is 0.333. The van der Waals surface area contributed by atoms with Gasteiger partial charge in [0.1, 0.15) is 0 Å². The van der Waals surface area contributed by atoms with Crippen molar-refractivity contribution < 1.29 is 23.8 Å². The minimum absolute atomic E-state index is 0.130. The lowest BCUT2D eigenvalue weighted by Crippen LogP contribution is -2.23. The standard InChI is InChI=1S/C24H27FN4O4S/c1-14(2)13-29-21(15(3)33-20-8-6-5-7-19(20)25)27-28-24(29)34-16(4)22(30)26-18-11-9-17(10-12-18)23(31)32/h5-12,14-16H,13H2,1-4H3,(H,26,30)(H,31,32). The average Bonchev–Trinajstić information content (AvgIpc) is 3.17. The first kappa shape index (κ1) is 25.2. The number of ether oxygens (including phenoxy) is 1. The van der Waals surface area contributed by atoms with Crippen molar-refractivity contribution in [2.75, 3.05) is 5.32 Å². The third kappa shape index (κ3) is 6.34. The highest BCUT2D eigenvalue weighted by Crippen LogP contribution is 2.29. The summed E-state index contributed by atoms with van der Waals surface area (Å²) in [6.07, 6.45) is -0.561. The largest absolute Gasteiger partial charge is 0.480 e. The van der Waals surface area contributed by atoms with E-state index >= 15 is 0 Å². The number of nitrogens with one attached hydrogen (secondary N) is 1. The Balaban J connectivity index is 1.74. The number of thioether (sulfide) groups is 1. The number of aromatic carboxylic acids is 1. The van der Waals surface area contributed by atoms with Crippen molar-refractivity contribution in [2.45, 2.75) is 50.8 Å². The van der Waals surface area contributed by atoms with E-state index in [1.54, 1.807) is 44.2 Å². The number of hydrogen-bond acceptors (Lipinski definition) is 6. The number of nitrogens with zero attached hydrogens (tertiary/aromatic N) is 3. The van der Waals surface area contributed by atoms with E-state index in [1.165, 1.54) is 30.0 Å². The molecule has 0 aliphatic rings. The van der Waals surface area contributed by atoms with Crippen molar-refractivity contribution in [3.8, 4) is 5.75 Å². The zero-order valence-electron chi connectivity index (χ0n) is 19.4. The molecule has 0 spiro atoms. The molecule has 34 heavy (non-hydrogen) atoms. The molecule has 2 unspecified atom stereocenters. The molecule has 8 nitrogen and oxygen atoms in total. The van der Waals surface area contributed by atoms with Gasteiger partial charge in [-0.05, 0) is 56.2 Å². The van der Waals surface area contributed by atoms with Crippen molar-refractivity contribution in [1.29, 1.82) is 0 Å². The number of rotatable bonds is 10. The van der Waals surface area contributed by atoms with E-state index in [0.29, 0.717) is 23.2 Å². The summed E-state index contributed by atoms with van der Waals surface area (Å²) in [5.41, 5.74) is 0.639. The van der Waals surface area contributed by atoms with Crippen LogP contribution < -0.4 is 10.1 Å². The number of anilines is 1. The molecule has 0 aliphatic carbocycles. The number of carbonyl (C=O) groups excluding carboxylic acids is 1. The van der Waals surface area contributed by atoms with Gasteiger partial charge in [0.25, 0.3) is 0 Å². The molecule has 10 heteroatoms. The summed E-state index contributed by atoms with van der Waals surface area (Å²) < 4.78 is 21.7. The predicted octanol–water partition coefficient (Wildman–Crippen LogP) is 5.03. The molecule has 0 radical (unpaired) electrons. The first-order valence-corrected chi connectivity index (χ1v) is 11.7. The Bertz CT molecular complexity index is 1150. The number of carbonyl (C=O) groups is 2. The lowest BCUT2D eigenvalue weighted by molar-refractivity contribution is -0.115. The topological polar surface area (TPSA) is 106 Å². The van der Waals surface area contributed by atoms with Crippen LogP contribution in [0.1, 0.15) is 50.0 Å². The highest BCUT2D eigenvalue weighted by molar-refractivity contribution is 8.00. The summed E-state index contributed by atoms with van der Waals surface area (Å²) in [6.45, 7) is 8.23. The van der Waals surface area contributed by atoms with Gasteiger partial charge in [0.2, 0.25) is 5.91 Å². The van der Waals surface area contributed by atoms with E-state index in [1.807, 2.05) is 4.57 Å². The van der Waals surface area contributed by atoms with Gasteiger partial charge in [-0.15, -0.1) is 10.2 Å². The van der Waals surface area contributed by atoms with E-state index in [9.17, 15) is 14.0 Å². The molecular weight excluding hydrogens is 459 g/mol. The summed E-state index contributed by atoms with van der Waals surface area (Å²) in [5.74, 6) is -0.812. The van der Waals surface area contributed by atoms with E-state index < -0.39 is 23.1 Å². The number of carboxylic acid groups (broad SMARTS) is 1. The van der Waals surface area contributed by atoms with Crippen LogP contribution in [0.25, 0.3) is 0 Å². The number of amides is 1. The maximum Gasteiger partial charge on any atom is 0.335 e. The minimum atomic E-state index is -1.03. The van der Waals surface area contributed by atoms with Gasteiger partial charge < -0.3 is 19.7 Å². The lowest BCUT2D eigenvalue weighted by atomic mass is 10.2. The van der Waals surface area contributed by atoms with E-state index in [-0.39, 0.29) is 23.1 Å². The molecule has 1 amide bonds. The molecule has 3 aromatic rings. The fourth-order valence-corrected chi connectivity index (χ4v) is 4.03. The molecule has 0 saturated carbocycles. The van der Waals surface area contributed by atoms with Gasteiger partial charge >= 0.3 is 5.97 Å². The molecule has 0 fully saturated rings. The van der Waals surface area contributed by atoms with Crippen molar-refractivity contribution in [3.05, 3.63) is 65.7 Å². The highest BCUT2D eigenvalue weighted by atomic mass is 32.2. The molecule has 3 rings (SSSR count). The summed E-state index contributed by atoms with van der Waals surface area (Å²) >= 11 is 1.25. The molecule has 0 saturated heterocycles. The van der Waals surface area contributed by atoms with Crippen molar-refractivity contribution in [2.24, 2.45) is 5.92 Å². The quantitative estimate of drug-likeness (QED) is 0.387. The third-order valence-electron chi connectivity index (χ3n) is 4.85. The Morgan fingerprint density at radius 1 is 1.09 bits per heavy atom. The molecule has 2 atom stereocenters. The van der Waals surface area contributed by atoms with Crippen LogP contribution in [0.3, 0.4) is 0 Å². The van der Waals surface area contributed by atoms with Crippen LogP contribution >= 0.6 is 11.8 Å². The zero-order chi connectivity index (χ0) is 24.8. The molecule has 2 aromatic carbocycles. The van der Waals surface area contributed by atoms with Crippen molar-refractivity contribution >= 4 is 29.3 Å². The Morgan fingerprint density at radius 3 is 2.38 bits per heavy atom. The average molecular weight is 487 g/mol. The van der Waals surface area contributed by atoms with E-state index in [0.717, 1.165) is 0 Å². The smallest absolute Gasteiger partial charge is 0.335 e. The maximum atomic E-state index is 14.0. The number of carboxylic acids is 1.